The normalized spacial score (nSPS) is 30.5. The van der Waals surface area contributed by atoms with Gasteiger partial charge in [0.1, 0.15) is 5.82 Å². The molecule has 1 saturated carbocycles. The molecule has 21 heavy (non-hydrogen) atoms. The summed E-state index contributed by atoms with van der Waals surface area (Å²) in [5.41, 5.74) is 1.05. The first-order chi connectivity index (χ1) is 10.1. The van der Waals surface area contributed by atoms with E-state index >= 15 is 0 Å². The third kappa shape index (κ3) is 3.29. The maximum absolute atomic E-state index is 14.0. The molecule has 0 bridgehead atoms. The zero-order chi connectivity index (χ0) is 14.9. The predicted molar refractivity (Wildman–Crippen MR) is 84.6 cm³/mol. The second kappa shape index (κ2) is 6.05. The van der Waals surface area contributed by atoms with E-state index in [1.165, 1.54) is 25.7 Å². The Morgan fingerprint density at radius 3 is 2.76 bits per heavy atom. The monoisotopic (exact) mass is 290 g/mol. The molecule has 0 spiro atoms. The molecule has 2 nitrogen and oxygen atoms in total. The zero-order valence-electron chi connectivity index (χ0n) is 13.2. The zero-order valence-corrected chi connectivity index (χ0v) is 13.2. The van der Waals surface area contributed by atoms with Gasteiger partial charge in [-0.2, -0.15) is 0 Å². The molecule has 1 saturated heterocycles. The van der Waals surface area contributed by atoms with Crippen LogP contribution in [0.15, 0.2) is 24.3 Å². The maximum atomic E-state index is 14.0. The first-order valence-corrected chi connectivity index (χ1v) is 8.35. The van der Waals surface area contributed by atoms with Gasteiger partial charge >= 0.3 is 0 Å². The molecule has 2 atom stereocenters. The highest BCUT2D eigenvalue weighted by molar-refractivity contribution is 5.18. The molecule has 3 heteroatoms. The topological polar surface area (TPSA) is 15.3 Å². The van der Waals surface area contributed by atoms with Crippen molar-refractivity contribution in [1.29, 1.82) is 0 Å². The molecule has 1 aliphatic heterocycles. The molecule has 2 aliphatic rings. The van der Waals surface area contributed by atoms with Crippen LogP contribution in [0.2, 0.25) is 0 Å². The molecule has 1 aliphatic carbocycles. The third-order valence-corrected chi connectivity index (χ3v) is 5.22. The fraction of sp³-hybridized carbons (Fsp3) is 0.667. The van der Waals surface area contributed by atoms with Gasteiger partial charge in [-0.1, -0.05) is 31.5 Å². The van der Waals surface area contributed by atoms with Crippen LogP contribution < -0.4 is 5.32 Å². The highest BCUT2D eigenvalue weighted by Gasteiger charge is 2.45. The number of halogens is 1. The van der Waals surface area contributed by atoms with Crippen LogP contribution in [0.5, 0.6) is 0 Å². The molecule has 1 aromatic rings. The predicted octanol–water partition coefficient (Wildman–Crippen LogP) is 3.57. The number of nitrogens with zero attached hydrogens (tertiary/aromatic N) is 1. The van der Waals surface area contributed by atoms with Gasteiger partial charge in [0, 0.05) is 36.8 Å². The van der Waals surface area contributed by atoms with E-state index in [0.29, 0.717) is 6.04 Å². The van der Waals surface area contributed by atoms with Crippen LogP contribution in [0, 0.1) is 11.7 Å². The number of benzene rings is 1. The summed E-state index contributed by atoms with van der Waals surface area (Å²) in [5, 5.41) is 3.79. The van der Waals surface area contributed by atoms with Crippen LogP contribution in [0.3, 0.4) is 0 Å². The van der Waals surface area contributed by atoms with Gasteiger partial charge in [-0.05, 0) is 38.2 Å². The van der Waals surface area contributed by atoms with Gasteiger partial charge in [-0.15, -0.1) is 0 Å². The third-order valence-electron chi connectivity index (χ3n) is 5.22. The van der Waals surface area contributed by atoms with Crippen molar-refractivity contribution in [3.05, 3.63) is 35.6 Å². The summed E-state index contributed by atoms with van der Waals surface area (Å²) in [5.74, 6) is 0.739. The average Bonchev–Trinajstić information content (AvgIpc) is 3.30. The Balaban J connectivity index is 1.75. The quantitative estimate of drug-likeness (QED) is 0.892. The van der Waals surface area contributed by atoms with Gasteiger partial charge < -0.3 is 5.32 Å². The second-order valence-electron chi connectivity index (χ2n) is 7.01. The second-order valence-corrected chi connectivity index (χ2v) is 7.01. The molecule has 1 N–H and O–H groups in total. The minimum Gasteiger partial charge on any atom is -0.308 e. The molecule has 0 radical (unpaired) electrons. The van der Waals surface area contributed by atoms with Crippen molar-refractivity contribution in [1.82, 2.24) is 10.2 Å². The highest BCUT2D eigenvalue weighted by Crippen LogP contribution is 2.41. The summed E-state index contributed by atoms with van der Waals surface area (Å²) in [7, 11) is 0. The van der Waals surface area contributed by atoms with E-state index in [9.17, 15) is 4.39 Å². The minimum atomic E-state index is -0.0700. The number of hydrogen-bond acceptors (Lipinski definition) is 2. The smallest absolute Gasteiger partial charge is 0.127 e. The molecule has 116 valence electrons. The van der Waals surface area contributed by atoms with Gasteiger partial charge in [0.2, 0.25) is 0 Å². The molecule has 3 rings (SSSR count). The largest absolute Gasteiger partial charge is 0.308 e. The summed E-state index contributed by atoms with van der Waals surface area (Å²) >= 11 is 0. The van der Waals surface area contributed by atoms with Gasteiger partial charge in [0.15, 0.2) is 0 Å². The minimum absolute atomic E-state index is 0.0700. The Morgan fingerprint density at radius 1 is 1.33 bits per heavy atom. The fourth-order valence-corrected chi connectivity index (χ4v) is 3.73. The van der Waals surface area contributed by atoms with E-state index in [0.717, 1.165) is 31.1 Å². The summed E-state index contributed by atoms with van der Waals surface area (Å²) < 4.78 is 14.0. The molecular weight excluding hydrogens is 263 g/mol. The SMILES string of the molecule is CCCC1CNC(C)(C2CC2)CN1Cc1ccccc1F. The van der Waals surface area contributed by atoms with Gasteiger partial charge in [-0.3, -0.25) is 4.90 Å². The lowest BCUT2D eigenvalue weighted by atomic mass is 9.89. The van der Waals surface area contributed by atoms with Crippen LogP contribution in [-0.4, -0.2) is 29.6 Å². The maximum Gasteiger partial charge on any atom is 0.127 e. The average molecular weight is 290 g/mol. The van der Waals surface area contributed by atoms with Gasteiger partial charge in [0.25, 0.3) is 0 Å². The first-order valence-electron chi connectivity index (χ1n) is 8.35. The Kier molecular flexibility index (Phi) is 4.32. The number of piperazine rings is 1. The standard InChI is InChI=1S/C18H27FN2/c1-3-6-16-11-20-18(2,15-9-10-15)13-21(16)12-14-7-4-5-8-17(14)19/h4-5,7-8,15-16,20H,3,6,9-13H2,1-2H3. The lowest BCUT2D eigenvalue weighted by molar-refractivity contribution is 0.0630. The lowest BCUT2D eigenvalue weighted by Crippen LogP contribution is -2.63. The summed E-state index contributed by atoms with van der Waals surface area (Å²) in [6.45, 7) is 7.39. The molecule has 0 aromatic heterocycles. The summed E-state index contributed by atoms with van der Waals surface area (Å²) in [6, 6.07) is 7.74. The highest BCUT2D eigenvalue weighted by atomic mass is 19.1. The molecule has 1 aromatic carbocycles. The van der Waals surface area contributed by atoms with E-state index in [2.05, 4.69) is 24.1 Å². The molecule has 0 amide bonds. The van der Waals surface area contributed by atoms with Crippen molar-refractivity contribution in [2.75, 3.05) is 13.1 Å². The number of hydrogen-bond donors (Lipinski definition) is 1. The van der Waals surface area contributed by atoms with Gasteiger partial charge in [0.05, 0.1) is 0 Å². The Bertz CT molecular complexity index is 486. The summed E-state index contributed by atoms with van der Waals surface area (Å²) in [6.07, 6.45) is 5.05. The summed E-state index contributed by atoms with van der Waals surface area (Å²) in [4.78, 5) is 2.51. The van der Waals surface area contributed by atoms with Crippen molar-refractivity contribution in [3.63, 3.8) is 0 Å². The molecule has 2 fully saturated rings. The molecular formula is C18H27FN2. The Labute approximate surface area is 127 Å². The number of nitrogens with one attached hydrogen (secondary N) is 1. The van der Waals surface area contributed by atoms with Crippen LogP contribution in [0.4, 0.5) is 4.39 Å². The van der Waals surface area contributed by atoms with Crippen molar-refractivity contribution in [2.45, 2.75) is 57.7 Å². The molecule has 1 heterocycles. The van der Waals surface area contributed by atoms with Crippen molar-refractivity contribution in [3.8, 4) is 0 Å². The Hall–Kier alpha value is -0.930. The van der Waals surface area contributed by atoms with Crippen LogP contribution in [-0.2, 0) is 6.54 Å². The van der Waals surface area contributed by atoms with Crippen LogP contribution >= 0.6 is 0 Å². The van der Waals surface area contributed by atoms with Crippen molar-refractivity contribution < 1.29 is 4.39 Å². The Morgan fingerprint density at radius 2 is 2.10 bits per heavy atom. The molecule has 2 unspecified atom stereocenters. The first kappa shape index (κ1) is 15.0. The van der Waals surface area contributed by atoms with E-state index in [4.69, 9.17) is 0 Å². The van der Waals surface area contributed by atoms with Crippen molar-refractivity contribution in [2.24, 2.45) is 5.92 Å². The van der Waals surface area contributed by atoms with E-state index in [-0.39, 0.29) is 11.4 Å². The fourth-order valence-electron chi connectivity index (χ4n) is 3.73. The van der Waals surface area contributed by atoms with E-state index in [1.807, 2.05) is 12.1 Å². The van der Waals surface area contributed by atoms with Gasteiger partial charge in [-0.25, -0.2) is 4.39 Å². The number of rotatable bonds is 5. The lowest BCUT2D eigenvalue weighted by Gasteiger charge is -2.47. The van der Waals surface area contributed by atoms with Crippen LogP contribution in [0.1, 0.15) is 45.1 Å². The van der Waals surface area contributed by atoms with E-state index in [1.54, 1.807) is 12.1 Å². The van der Waals surface area contributed by atoms with Crippen molar-refractivity contribution >= 4 is 0 Å². The van der Waals surface area contributed by atoms with E-state index < -0.39 is 0 Å². The van der Waals surface area contributed by atoms with Crippen LogP contribution in [0.25, 0.3) is 0 Å².